The van der Waals surface area contributed by atoms with Crippen LogP contribution in [0.15, 0.2) is 54.6 Å². The largest absolute Gasteiger partial charge is 0.447 e. The lowest BCUT2D eigenvalue weighted by molar-refractivity contribution is -0.135. The summed E-state index contributed by atoms with van der Waals surface area (Å²) < 4.78 is 25.4. The van der Waals surface area contributed by atoms with Gasteiger partial charge >= 0.3 is 6.09 Å². The highest BCUT2D eigenvalue weighted by Gasteiger charge is 2.45. The molecule has 2 amide bonds. The van der Waals surface area contributed by atoms with Crippen LogP contribution in [0.3, 0.4) is 0 Å². The zero-order valence-electron chi connectivity index (χ0n) is 30.1. The van der Waals surface area contributed by atoms with Crippen LogP contribution in [0.2, 0.25) is 36.3 Å². The first-order valence-electron chi connectivity index (χ1n) is 16.7. The fourth-order valence-electron chi connectivity index (χ4n) is 5.93. The third-order valence-corrected chi connectivity index (χ3v) is 19.3. The van der Waals surface area contributed by atoms with Gasteiger partial charge in [0.15, 0.2) is 16.6 Å². The molecule has 6 atom stereocenters. The molecule has 1 unspecified atom stereocenters. The summed E-state index contributed by atoms with van der Waals surface area (Å²) in [5.41, 5.74) is 2.02. The predicted octanol–water partition coefficient (Wildman–Crippen LogP) is 8.78. The van der Waals surface area contributed by atoms with Gasteiger partial charge in [0.05, 0.1) is 24.2 Å². The van der Waals surface area contributed by atoms with Crippen LogP contribution in [0, 0.1) is 11.8 Å². The summed E-state index contributed by atoms with van der Waals surface area (Å²) >= 11 is 0. The summed E-state index contributed by atoms with van der Waals surface area (Å²) in [6, 6.07) is 12.4. The molecule has 0 radical (unpaired) electrons. The van der Waals surface area contributed by atoms with Gasteiger partial charge in [-0.05, 0) is 60.7 Å². The fourth-order valence-corrected chi connectivity index (χ4v) is 10.2. The summed E-state index contributed by atoms with van der Waals surface area (Å²) in [5, 5.41) is 0.0188. The maximum Gasteiger partial charge on any atom is 0.416 e. The van der Waals surface area contributed by atoms with Crippen LogP contribution < -0.4 is 0 Å². The standard InChI is InChI=1S/C36H61NO6Si2/c1-14-31(40-11)33(42-44(12,13)36(8,9)10)27(6)23-26(5)32(43-45(15-2,16-3)17-4)28(7)34(38)37-30(25-41-35(37)39)24-29-21-19-18-20-22-29/h14,18-23,27-28,30-33H,1,15-17,24-25H2,2-13H3/b26-23-/t27-,28?,30-,31+,32+,33+/m1/s1. The number of nitrogens with zero attached hydrogens (tertiary/aromatic N) is 1. The molecule has 1 aromatic rings. The average molecular weight is 660 g/mol. The molecular weight excluding hydrogens is 599 g/mol. The Kier molecular flexibility index (Phi) is 14.5. The third kappa shape index (κ3) is 9.73. The number of amides is 2. The number of benzene rings is 1. The monoisotopic (exact) mass is 659 g/mol. The van der Waals surface area contributed by atoms with Gasteiger partial charge in [-0.15, -0.1) is 6.58 Å². The van der Waals surface area contributed by atoms with Crippen molar-refractivity contribution in [1.29, 1.82) is 0 Å². The summed E-state index contributed by atoms with van der Waals surface area (Å²) in [6.45, 7) is 28.1. The van der Waals surface area contributed by atoms with Gasteiger partial charge in [0, 0.05) is 13.0 Å². The van der Waals surface area contributed by atoms with Gasteiger partial charge < -0.3 is 18.3 Å². The summed E-state index contributed by atoms with van der Waals surface area (Å²) in [5.74, 6) is -0.907. The Hall–Kier alpha value is -2.05. The van der Waals surface area contributed by atoms with Gasteiger partial charge in [-0.1, -0.05) is 97.9 Å². The molecule has 1 fully saturated rings. The number of hydrogen-bond donors (Lipinski definition) is 0. The Balaban J connectivity index is 2.52. The van der Waals surface area contributed by atoms with Crippen LogP contribution in [0.4, 0.5) is 4.79 Å². The van der Waals surface area contributed by atoms with Crippen LogP contribution in [-0.2, 0) is 29.5 Å². The number of ether oxygens (including phenoxy) is 2. The zero-order valence-corrected chi connectivity index (χ0v) is 32.1. The first kappa shape index (κ1) is 39.1. The molecule has 254 valence electrons. The third-order valence-electron chi connectivity index (χ3n) is 10.2. The molecule has 1 aromatic carbocycles. The van der Waals surface area contributed by atoms with Crippen molar-refractivity contribution in [2.75, 3.05) is 13.7 Å². The van der Waals surface area contributed by atoms with Gasteiger partial charge in [-0.3, -0.25) is 4.79 Å². The zero-order chi connectivity index (χ0) is 34.2. The van der Waals surface area contributed by atoms with Crippen LogP contribution in [0.1, 0.15) is 67.9 Å². The lowest BCUT2D eigenvalue weighted by Crippen LogP contribution is -2.50. The quantitative estimate of drug-likeness (QED) is 0.123. The van der Waals surface area contributed by atoms with E-state index in [9.17, 15) is 9.59 Å². The molecular formula is C36H61NO6Si2. The van der Waals surface area contributed by atoms with E-state index >= 15 is 0 Å². The molecule has 1 heterocycles. The Labute approximate surface area is 276 Å². The molecule has 0 aliphatic carbocycles. The molecule has 0 N–H and O–H groups in total. The van der Waals surface area contributed by atoms with E-state index in [0.29, 0.717) is 6.42 Å². The number of carbonyl (C=O) groups is 2. The second kappa shape index (κ2) is 16.7. The number of carbonyl (C=O) groups excluding carboxylic acids is 2. The van der Waals surface area contributed by atoms with Crippen molar-refractivity contribution in [3.63, 3.8) is 0 Å². The lowest BCUT2D eigenvalue weighted by Gasteiger charge is -2.42. The Morgan fingerprint density at radius 3 is 2.16 bits per heavy atom. The normalized spacial score (nSPS) is 19.9. The minimum absolute atomic E-state index is 0.0188. The highest BCUT2D eigenvalue weighted by atomic mass is 28.4. The molecule has 0 spiro atoms. The van der Waals surface area contributed by atoms with E-state index in [-0.39, 0.29) is 41.7 Å². The number of rotatable bonds is 17. The average Bonchev–Trinajstić information content (AvgIpc) is 3.36. The minimum Gasteiger partial charge on any atom is -0.447 e. The predicted molar refractivity (Wildman–Crippen MR) is 189 cm³/mol. The molecule has 7 nitrogen and oxygen atoms in total. The van der Waals surface area contributed by atoms with E-state index in [1.165, 1.54) is 4.90 Å². The smallest absolute Gasteiger partial charge is 0.416 e. The lowest BCUT2D eigenvalue weighted by atomic mass is 9.91. The molecule has 1 saturated heterocycles. The van der Waals surface area contributed by atoms with Crippen molar-refractivity contribution in [2.24, 2.45) is 11.8 Å². The molecule has 0 saturated carbocycles. The van der Waals surface area contributed by atoms with E-state index < -0.39 is 34.7 Å². The molecule has 45 heavy (non-hydrogen) atoms. The first-order chi connectivity index (χ1) is 21.0. The molecule has 0 bridgehead atoms. The molecule has 1 aliphatic rings. The minimum atomic E-state index is -2.16. The van der Waals surface area contributed by atoms with E-state index in [2.05, 4.69) is 74.2 Å². The SMILES string of the molecule is C=C[C@H](OC)[C@@H](O[Si](C)(C)C(C)(C)C)[C@H](C)/C=C(/C)[C@H](O[Si](CC)(CC)CC)C(C)C(=O)N1C(=O)OC[C@H]1Cc1ccccc1. The van der Waals surface area contributed by atoms with Crippen molar-refractivity contribution < 1.29 is 27.9 Å². The van der Waals surface area contributed by atoms with Crippen LogP contribution in [0.25, 0.3) is 0 Å². The number of cyclic esters (lactones) is 1. The first-order valence-corrected chi connectivity index (χ1v) is 22.2. The molecule has 0 aromatic heterocycles. The van der Waals surface area contributed by atoms with Crippen LogP contribution in [0.5, 0.6) is 0 Å². The second-order valence-corrected chi connectivity index (χ2v) is 23.7. The van der Waals surface area contributed by atoms with Crippen molar-refractivity contribution in [3.05, 3.63) is 60.2 Å². The van der Waals surface area contributed by atoms with Crippen molar-refractivity contribution in [2.45, 2.75) is 129 Å². The summed E-state index contributed by atoms with van der Waals surface area (Å²) in [6.07, 6.45) is 2.92. The molecule has 1 aliphatic heterocycles. The number of hydrogen-bond acceptors (Lipinski definition) is 6. The Morgan fingerprint density at radius 1 is 1.09 bits per heavy atom. The second-order valence-electron chi connectivity index (χ2n) is 14.2. The molecule has 2 rings (SSSR count). The maximum absolute atomic E-state index is 14.3. The van der Waals surface area contributed by atoms with Crippen molar-refractivity contribution in [1.82, 2.24) is 4.90 Å². The van der Waals surface area contributed by atoms with Gasteiger partial charge in [-0.2, -0.15) is 0 Å². The number of imide groups is 1. The summed E-state index contributed by atoms with van der Waals surface area (Å²) in [4.78, 5) is 28.6. The summed E-state index contributed by atoms with van der Waals surface area (Å²) in [7, 11) is -2.63. The Morgan fingerprint density at radius 2 is 1.67 bits per heavy atom. The van der Waals surface area contributed by atoms with Gasteiger partial charge in [-0.25, -0.2) is 9.69 Å². The maximum atomic E-state index is 14.3. The van der Waals surface area contributed by atoms with E-state index in [1.54, 1.807) is 7.11 Å². The topological polar surface area (TPSA) is 74.3 Å². The van der Waals surface area contributed by atoms with E-state index in [1.807, 2.05) is 50.3 Å². The molecule has 9 heteroatoms. The van der Waals surface area contributed by atoms with E-state index in [4.69, 9.17) is 18.3 Å². The van der Waals surface area contributed by atoms with E-state index in [0.717, 1.165) is 29.3 Å². The van der Waals surface area contributed by atoms with Crippen LogP contribution >= 0.6 is 0 Å². The van der Waals surface area contributed by atoms with Crippen molar-refractivity contribution in [3.8, 4) is 0 Å². The van der Waals surface area contributed by atoms with Gasteiger partial charge in [0.25, 0.3) is 0 Å². The fraction of sp³-hybridized carbons (Fsp3) is 0.667. The highest BCUT2D eigenvalue weighted by molar-refractivity contribution is 6.74. The van der Waals surface area contributed by atoms with Gasteiger partial charge in [0.1, 0.15) is 12.7 Å². The highest BCUT2D eigenvalue weighted by Crippen LogP contribution is 2.39. The van der Waals surface area contributed by atoms with Crippen molar-refractivity contribution >= 4 is 28.6 Å². The van der Waals surface area contributed by atoms with Gasteiger partial charge in [0.2, 0.25) is 5.91 Å². The Bertz CT molecular complexity index is 1140. The number of methoxy groups -OCH3 is 1. The van der Waals surface area contributed by atoms with Crippen LogP contribution in [-0.4, -0.2) is 71.6 Å².